The van der Waals surface area contributed by atoms with Crippen molar-refractivity contribution in [3.05, 3.63) is 66.5 Å². The maximum atomic E-state index is 12.7. The van der Waals surface area contributed by atoms with Crippen molar-refractivity contribution in [3.63, 3.8) is 0 Å². The van der Waals surface area contributed by atoms with Gasteiger partial charge in [0, 0.05) is 24.2 Å². The number of carbonyl (C=O) groups excluding carboxylic acids is 1. The number of hydrogen-bond donors (Lipinski definition) is 1. The number of nitrogens with one attached hydrogen (secondary N) is 1. The molecular weight excluding hydrogens is 352 g/mol. The first-order valence-corrected chi connectivity index (χ1v) is 7.38. The fraction of sp³-hybridized carbons (Fsp3) is 0.118. The van der Waals surface area contributed by atoms with Crippen molar-refractivity contribution in [2.75, 3.05) is 0 Å². The Hall–Kier alpha value is -3.23. The molecule has 0 spiro atoms. The van der Waals surface area contributed by atoms with Gasteiger partial charge in [0.2, 0.25) is 0 Å². The van der Waals surface area contributed by atoms with Crippen LogP contribution in [0.4, 0.5) is 17.6 Å². The molecule has 0 saturated heterocycles. The summed E-state index contributed by atoms with van der Waals surface area (Å²) in [4.78, 5) is 19.8. The van der Waals surface area contributed by atoms with E-state index in [1.807, 2.05) is 0 Å². The number of benzene rings is 1. The lowest BCUT2D eigenvalue weighted by molar-refractivity contribution is -0.137. The second-order valence-electron chi connectivity index (χ2n) is 5.40. The van der Waals surface area contributed by atoms with Crippen LogP contribution in [0.2, 0.25) is 0 Å². The minimum absolute atomic E-state index is 0.0798. The van der Waals surface area contributed by atoms with Gasteiger partial charge in [-0.15, -0.1) is 0 Å². The largest absolute Gasteiger partial charge is 0.416 e. The highest BCUT2D eigenvalue weighted by molar-refractivity contribution is 5.90. The van der Waals surface area contributed by atoms with Crippen LogP contribution in [0.5, 0.6) is 0 Å². The normalized spacial score (nSPS) is 11.5. The number of rotatable bonds is 4. The van der Waals surface area contributed by atoms with Crippen LogP contribution in [0.25, 0.3) is 16.9 Å². The van der Waals surface area contributed by atoms with Gasteiger partial charge in [-0.05, 0) is 12.1 Å². The average molecular weight is 364 g/mol. The predicted octanol–water partition coefficient (Wildman–Crippen LogP) is 3.51. The van der Waals surface area contributed by atoms with Crippen LogP contribution in [0, 0.1) is 0 Å². The molecule has 0 bridgehead atoms. The number of nitrogens with zero attached hydrogens (tertiary/aromatic N) is 3. The van der Waals surface area contributed by atoms with Crippen LogP contribution in [0.15, 0.2) is 55.3 Å². The molecule has 2 heterocycles. The highest BCUT2D eigenvalue weighted by Crippen LogP contribution is 2.31. The predicted molar refractivity (Wildman–Crippen MR) is 85.5 cm³/mol. The molecule has 0 atom stereocenters. The van der Waals surface area contributed by atoms with Crippen LogP contribution < -0.4 is 5.32 Å². The third-order valence-corrected chi connectivity index (χ3v) is 3.59. The molecule has 26 heavy (non-hydrogen) atoms. The number of imidazole rings is 1. The molecule has 3 rings (SSSR count). The number of alkyl halides is 3. The topological polar surface area (TPSA) is 59.3 Å². The summed E-state index contributed by atoms with van der Waals surface area (Å²) in [5.74, 6) is -2.09. The lowest BCUT2D eigenvalue weighted by atomic mass is 10.1. The van der Waals surface area contributed by atoms with Gasteiger partial charge < -0.3 is 9.72 Å². The lowest BCUT2D eigenvalue weighted by Gasteiger charge is -2.10. The van der Waals surface area contributed by atoms with Crippen molar-refractivity contribution in [1.82, 2.24) is 19.7 Å². The summed E-state index contributed by atoms with van der Waals surface area (Å²) in [6.45, 7) is 2.82. The summed E-state index contributed by atoms with van der Waals surface area (Å²) in [6, 6.07) is 4.51. The number of hydrogen-bond acceptors (Lipinski definition) is 3. The van der Waals surface area contributed by atoms with E-state index in [0.29, 0.717) is 22.6 Å². The fourth-order valence-electron chi connectivity index (χ4n) is 2.35. The first-order chi connectivity index (χ1) is 12.3. The summed E-state index contributed by atoms with van der Waals surface area (Å²) in [5, 5.41) is 2.30. The first-order valence-electron chi connectivity index (χ1n) is 7.38. The van der Waals surface area contributed by atoms with Crippen LogP contribution in [-0.4, -0.2) is 20.3 Å². The molecule has 0 aliphatic rings. The molecule has 1 N–H and O–H groups in total. The summed E-state index contributed by atoms with van der Waals surface area (Å²) < 4.78 is 52.5. The maximum Gasteiger partial charge on any atom is 0.416 e. The molecule has 0 aliphatic heterocycles. The molecule has 0 fully saturated rings. The zero-order valence-electron chi connectivity index (χ0n) is 13.2. The molecule has 0 unspecified atom stereocenters. The van der Waals surface area contributed by atoms with Gasteiger partial charge in [-0.1, -0.05) is 18.7 Å². The smallest absolute Gasteiger partial charge is 0.344 e. The van der Waals surface area contributed by atoms with E-state index in [9.17, 15) is 22.4 Å². The van der Waals surface area contributed by atoms with Crippen molar-refractivity contribution in [2.45, 2.75) is 12.7 Å². The van der Waals surface area contributed by atoms with Gasteiger partial charge in [-0.2, -0.15) is 13.2 Å². The molecule has 1 aromatic carbocycles. The van der Waals surface area contributed by atoms with E-state index in [2.05, 4.69) is 21.9 Å². The van der Waals surface area contributed by atoms with Crippen molar-refractivity contribution < 1.29 is 22.4 Å². The zero-order valence-corrected chi connectivity index (χ0v) is 13.2. The summed E-state index contributed by atoms with van der Waals surface area (Å²) in [7, 11) is 0. The second-order valence-corrected chi connectivity index (χ2v) is 5.40. The third-order valence-electron chi connectivity index (χ3n) is 3.59. The lowest BCUT2D eigenvalue weighted by Crippen LogP contribution is -2.23. The summed E-state index contributed by atoms with van der Waals surface area (Å²) in [6.07, 6.45) is 0.285. The standard InChI is InChI=1S/C17H12F4N4O/c1-10(18)16(26)23-8-13-9-25-7-6-22-15(25)14(24-13)11-2-4-12(5-3-11)17(19,20)21/h2-7,9H,1,8H2,(H,23,26). The maximum absolute atomic E-state index is 12.7. The number of amides is 1. The van der Waals surface area contributed by atoms with Crippen LogP contribution in [-0.2, 0) is 17.5 Å². The van der Waals surface area contributed by atoms with Gasteiger partial charge in [0.25, 0.3) is 5.91 Å². The minimum atomic E-state index is -4.44. The molecular formula is C17H12F4N4O. The molecule has 9 heteroatoms. The minimum Gasteiger partial charge on any atom is -0.344 e. The SMILES string of the molecule is C=C(F)C(=O)NCc1cn2ccnc2c(-c2ccc(C(F)(F)F)cc2)n1. The molecule has 0 saturated carbocycles. The molecule has 5 nitrogen and oxygen atoms in total. The Labute approximate surface area is 145 Å². The Bertz CT molecular complexity index is 977. The van der Waals surface area contributed by atoms with Crippen molar-refractivity contribution >= 4 is 11.6 Å². The van der Waals surface area contributed by atoms with E-state index < -0.39 is 23.5 Å². The summed E-state index contributed by atoms with van der Waals surface area (Å²) >= 11 is 0. The highest BCUT2D eigenvalue weighted by atomic mass is 19.4. The van der Waals surface area contributed by atoms with Gasteiger partial charge >= 0.3 is 6.18 Å². The van der Waals surface area contributed by atoms with Gasteiger partial charge in [0.05, 0.1) is 17.8 Å². The fourth-order valence-corrected chi connectivity index (χ4v) is 2.35. The Morgan fingerprint density at radius 3 is 2.54 bits per heavy atom. The molecule has 3 aromatic rings. The van der Waals surface area contributed by atoms with Crippen LogP contribution >= 0.6 is 0 Å². The Morgan fingerprint density at radius 1 is 1.23 bits per heavy atom. The monoisotopic (exact) mass is 364 g/mol. The first kappa shape index (κ1) is 17.6. The van der Waals surface area contributed by atoms with Crippen molar-refractivity contribution in [1.29, 1.82) is 0 Å². The van der Waals surface area contributed by atoms with Crippen LogP contribution in [0.1, 0.15) is 11.3 Å². The summed E-state index contributed by atoms with van der Waals surface area (Å²) in [5.41, 5.74) is 0.812. The van der Waals surface area contributed by atoms with Crippen molar-refractivity contribution in [2.24, 2.45) is 0 Å². The van der Waals surface area contributed by atoms with E-state index in [1.165, 1.54) is 18.3 Å². The van der Waals surface area contributed by atoms with Gasteiger partial charge in [0.15, 0.2) is 11.5 Å². The quantitative estimate of drug-likeness (QED) is 0.569. The molecule has 2 aromatic heterocycles. The van der Waals surface area contributed by atoms with E-state index >= 15 is 0 Å². The van der Waals surface area contributed by atoms with Gasteiger partial charge in [0.1, 0.15) is 5.69 Å². The highest BCUT2D eigenvalue weighted by Gasteiger charge is 2.30. The van der Waals surface area contributed by atoms with E-state index in [-0.39, 0.29) is 6.54 Å². The second kappa shape index (κ2) is 6.58. The average Bonchev–Trinajstić information content (AvgIpc) is 3.06. The van der Waals surface area contributed by atoms with Gasteiger partial charge in [-0.25, -0.2) is 14.4 Å². The number of halogens is 4. The Kier molecular flexibility index (Phi) is 4.45. The molecule has 0 radical (unpaired) electrons. The van der Waals surface area contributed by atoms with Crippen LogP contribution in [0.3, 0.4) is 0 Å². The van der Waals surface area contributed by atoms with E-state index in [0.717, 1.165) is 12.1 Å². The Balaban J connectivity index is 1.98. The van der Waals surface area contributed by atoms with Gasteiger partial charge in [-0.3, -0.25) is 4.79 Å². The number of aromatic nitrogens is 3. The molecule has 1 amide bonds. The molecule has 0 aliphatic carbocycles. The zero-order chi connectivity index (χ0) is 18.9. The van der Waals surface area contributed by atoms with Crippen molar-refractivity contribution in [3.8, 4) is 11.3 Å². The third kappa shape index (κ3) is 3.56. The van der Waals surface area contributed by atoms with E-state index in [4.69, 9.17) is 0 Å². The Morgan fingerprint density at radius 2 is 1.92 bits per heavy atom. The van der Waals surface area contributed by atoms with E-state index in [1.54, 1.807) is 16.8 Å². The number of fused-ring (bicyclic) bond motifs is 1. The number of carbonyl (C=O) groups is 1. The molecule has 134 valence electrons.